The summed E-state index contributed by atoms with van der Waals surface area (Å²) in [6, 6.07) is 0. The molecule has 0 aliphatic heterocycles. The number of nitrogens with one attached hydrogen (secondary N) is 2. The molecule has 21 heavy (non-hydrogen) atoms. The van der Waals surface area contributed by atoms with Gasteiger partial charge in [-0.1, -0.05) is 0 Å². The van der Waals surface area contributed by atoms with E-state index in [-0.39, 0.29) is 43.4 Å². The molecule has 1 rings (SSSR count). The predicted octanol–water partition coefficient (Wildman–Crippen LogP) is -0.334. The topological polar surface area (TPSA) is 110 Å². The average Bonchev–Trinajstić information content (AvgIpc) is 2.50. The van der Waals surface area contributed by atoms with Gasteiger partial charge in [-0.25, -0.2) is 4.98 Å². The summed E-state index contributed by atoms with van der Waals surface area (Å²) >= 11 is 0. The fourth-order valence-corrected chi connectivity index (χ4v) is 1.42. The Bertz CT molecular complexity index is 478. The standard InChI is InChI=1S/C13H18N4O4/c1-2-21-12(19)4-3-11(18)16-7-8-17-13(20)10-9-14-5-6-15-10/h5-6,9H,2-4,7-8H2,1H3,(H,16,18)(H,17,20). The lowest BCUT2D eigenvalue weighted by molar-refractivity contribution is -0.144. The minimum Gasteiger partial charge on any atom is -0.466 e. The molecule has 1 aromatic heterocycles. The van der Waals surface area contributed by atoms with Gasteiger partial charge in [0.25, 0.3) is 5.91 Å². The van der Waals surface area contributed by atoms with Crippen molar-refractivity contribution in [1.82, 2.24) is 20.6 Å². The molecule has 8 heteroatoms. The van der Waals surface area contributed by atoms with E-state index in [0.717, 1.165) is 0 Å². The average molecular weight is 294 g/mol. The lowest BCUT2D eigenvalue weighted by Gasteiger charge is -2.06. The Kier molecular flexibility index (Phi) is 7.41. The van der Waals surface area contributed by atoms with E-state index in [2.05, 4.69) is 20.6 Å². The second kappa shape index (κ2) is 9.40. The van der Waals surface area contributed by atoms with Gasteiger partial charge < -0.3 is 15.4 Å². The van der Waals surface area contributed by atoms with Crippen molar-refractivity contribution < 1.29 is 19.1 Å². The highest BCUT2D eigenvalue weighted by molar-refractivity contribution is 5.91. The molecule has 0 radical (unpaired) electrons. The quantitative estimate of drug-likeness (QED) is 0.501. The maximum atomic E-state index is 11.6. The maximum absolute atomic E-state index is 11.6. The highest BCUT2D eigenvalue weighted by atomic mass is 16.5. The molecule has 8 nitrogen and oxygen atoms in total. The summed E-state index contributed by atoms with van der Waals surface area (Å²) in [6.45, 7) is 2.54. The molecule has 114 valence electrons. The molecule has 0 aliphatic rings. The fraction of sp³-hybridized carbons (Fsp3) is 0.462. The molecule has 0 atom stereocenters. The van der Waals surface area contributed by atoms with Crippen LogP contribution in [-0.2, 0) is 14.3 Å². The molecule has 1 heterocycles. The van der Waals surface area contributed by atoms with Crippen LogP contribution >= 0.6 is 0 Å². The molecule has 0 spiro atoms. The molecule has 0 bridgehead atoms. The zero-order valence-corrected chi connectivity index (χ0v) is 11.8. The summed E-state index contributed by atoms with van der Waals surface area (Å²) in [5.74, 6) is -1.02. The number of hydrogen-bond acceptors (Lipinski definition) is 6. The lowest BCUT2D eigenvalue weighted by atomic mass is 10.3. The molecule has 1 aromatic rings. The number of aromatic nitrogens is 2. The first-order valence-electron chi connectivity index (χ1n) is 6.60. The Morgan fingerprint density at radius 1 is 1.14 bits per heavy atom. The summed E-state index contributed by atoms with van der Waals surface area (Å²) in [6.07, 6.45) is 4.36. The normalized spacial score (nSPS) is 9.76. The zero-order chi connectivity index (χ0) is 15.5. The minimum atomic E-state index is -0.399. The van der Waals surface area contributed by atoms with Crippen LogP contribution in [0.1, 0.15) is 30.3 Å². The SMILES string of the molecule is CCOC(=O)CCC(=O)NCCNC(=O)c1cnccn1. The Morgan fingerprint density at radius 3 is 2.57 bits per heavy atom. The van der Waals surface area contributed by atoms with E-state index in [1.54, 1.807) is 6.92 Å². The van der Waals surface area contributed by atoms with Crippen LogP contribution in [-0.4, -0.2) is 47.4 Å². The van der Waals surface area contributed by atoms with Gasteiger partial charge in [0.05, 0.1) is 19.2 Å². The van der Waals surface area contributed by atoms with Crippen LogP contribution in [0.2, 0.25) is 0 Å². The van der Waals surface area contributed by atoms with Gasteiger partial charge in [0.2, 0.25) is 5.91 Å². The summed E-state index contributed by atoms with van der Waals surface area (Å²) in [4.78, 5) is 41.7. The van der Waals surface area contributed by atoms with Gasteiger partial charge in [-0.05, 0) is 6.92 Å². The van der Waals surface area contributed by atoms with E-state index in [9.17, 15) is 14.4 Å². The molecule has 0 saturated carbocycles. The summed E-state index contributed by atoms with van der Waals surface area (Å²) in [5.41, 5.74) is 0.214. The molecule has 0 aliphatic carbocycles. The number of esters is 1. The van der Waals surface area contributed by atoms with Crippen molar-refractivity contribution in [2.75, 3.05) is 19.7 Å². The first-order chi connectivity index (χ1) is 10.1. The number of nitrogens with zero attached hydrogens (tertiary/aromatic N) is 2. The van der Waals surface area contributed by atoms with Crippen molar-refractivity contribution in [3.8, 4) is 0 Å². The third kappa shape index (κ3) is 7.00. The molecular formula is C13H18N4O4. The molecule has 0 fully saturated rings. The van der Waals surface area contributed by atoms with Crippen molar-refractivity contribution >= 4 is 17.8 Å². The van der Waals surface area contributed by atoms with Crippen LogP contribution in [0.15, 0.2) is 18.6 Å². The van der Waals surface area contributed by atoms with Gasteiger partial charge in [0.15, 0.2) is 0 Å². The Morgan fingerprint density at radius 2 is 1.90 bits per heavy atom. The Labute approximate surface area is 122 Å². The van der Waals surface area contributed by atoms with E-state index in [4.69, 9.17) is 4.74 Å². The largest absolute Gasteiger partial charge is 0.466 e. The van der Waals surface area contributed by atoms with E-state index in [0.29, 0.717) is 6.61 Å². The second-order valence-corrected chi connectivity index (χ2v) is 4.00. The molecule has 2 N–H and O–H groups in total. The van der Waals surface area contributed by atoms with Crippen LogP contribution < -0.4 is 10.6 Å². The van der Waals surface area contributed by atoms with Crippen LogP contribution in [0.5, 0.6) is 0 Å². The smallest absolute Gasteiger partial charge is 0.306 e. The highest BCUT2D eigenvalue weighted by Crippen LogP contribution is 1.92. The highest BCUT2D eigenvalue weighted by Gasteiger charge is 2.08. The number of rotatable bonds is 8. The summed E-state index contributed by atoms with van der Waals surface area (Å²) in [5, 5.41) is 5.18. The third-order valence-corrected chi connectivity index (χ3v) is 2.39. The molecular weight excluding hydrogens is 276 g/mol. The van der Waals surface area contributed by atoms with Crippen molar-refractivity contribution in [3.63, 3.8) is 0 Å². The third-order valence-electron chi connectivity index (χ3n) is 2.39. The van der Waals surface area contributed by atoms with Crippen molar-refractivity contribution in [2.24, 2.45) is 0 Å². The predicted molar refractivity (Wildman–Crippen MR) is 73.2 cm³/mol. The molecule has 0 saturated heterocycles. The van der Waals surface area contributed by atoms with Crippen LogP contribution in [0, 0.1) is 0 Å². The maximum Gasteiger partial charge on any atom is 0.306 e. The molecule has 2 amide bonds. The van der Waals surface area contributed by atoms with Crippen LogP contribution in [0.4, 0.5) is 0 Å². The van der Waals surface area contributed by atoms with Crippen molar-refractivity contribution in [2.45, 2.75) is 19.8 Å². The number of carbonyl (C=O) groups excluding carboxylic acids is 3. The zero-order valence-electron chi connectivity index (χ0n) is 11.8. The van der Waals surface area contributed by atoms with Gasteiger partial charge in [0, 0.05) is 31.9 Å². The van der Waals surface area contributed by atoms with Gasteiger partial charge in [0.1, 0.15) is 5.69 Å². The number of ether oxygens (including phenoxy) is 1. The van der Waals surface area contributed by atoms with Crippen molar-refractivity contribution in [1.29, 1.82) is 0 Å². The van der Waals surface area contributed by atoms with E-state index in [1.165, 1.54) is 18.6 Å². The fourth-order valence-electron chi connectivity index (χ4n) is 1.42. The summed E-state index contributed by atoms with van der Waals surface area (Å²) in [7, 11) is 0. The van der Waals surface area contributed by atoms with E-state index in [1.807, 2.05) is 0 Å². The second-order valence-electron chi connectivity index (χ2n) is 4.00. The van der Waals surface area contributed by atoms with Gasteiger partial charge >= 0.3 is 5.97 Å². The molecule has 0 unspecified atom stereocenters. The van der Waals surface area contributed by atoms with Crippen LogP contribution in [0.3, 0.4) is 0 Å². The van der Waals surface area contributed by atoms with Crippen molar-refractivity contribution in [3.05, 3.63) is 24.3 Å². The lowest BCUT2D eigenvalue weighted by Crippen LogP contribution is -2.35. The Hall–Kier alpha value is -2.51. The number of hydrogen-bond donors (Lipinski definition) is 2. The summed E-state index contributed by atoms with van der Waals surface area (Å²) < 4.78 is 4.71. The van der Waals surface area contributed by atoms with Gasteiger partial charge in [-0.3, -0.25) is 19.4 Å². The number of amides is 2. The van der Waals surface area contributed by atoms with Crippen LogP contribution in [0.25, 0.3) is 0 Å². The molecule has 0 aromatic carbocycles. The Balaban J connectivity index is 2.12. The first-order valence-corrected chi connectivity index (χ1v) is 6.60. The monoisotopic (exact) mass is 294 g/mol. The number of carbonyl (C=O) groups is 3. The van der Waals surface area contributed by atoms with E-state index >= 15 is 0 Å². The van der Waals surface area contributed by atoms with E-state index < -0.39 is 5.97 Å². The van der Waals surface area contributed by atoms with Gasteiger partial charge in [-0.15, -0.1) is 0 Å². The van der Waals surface area contributed by atoms with Gasteiger partial charge in [-0.2, -0.15) is 0 Å². The first kappa shape index (κ1) is 16.5. The minimum absolute atomic E-state index is 0.0473.